The molecule has 0 heterocycles. The predicted octanol–water partition coefficient (Wildman–Crippen LogP) is 3.42. The Hall–Kier alpha value is -2.52. The van der Waals surface area contributed by atoms with Crippen LogP contribution in [0.15, 0.2) is 42.5 Å². The number of rotatable bonds is 5. The molecule has 2 rings (SSSR count). The first-order chi connectivity index (χ1) is 10.4. The van der Waals surface area contributed by atoms with Gasteiger partial charge in [-0.3, -0.25) is 4.72 Å². The molecule has 2 aromatic carbocycles. The molecule has 0 aliphatic carbocycles. The zero-order valence-corrected chi connectivity index (χ0v) is 13.1. The van der Waals surface area contributed by atoms with Crippen LogP contribution in [0.4, 0.5) is 5.69 Å². The largest absolute Gasteiger partial charge is 0.457 e. The van der Waals surface area contributed by atoms with E-state index in [0.717, 1.165) is 5.56 Å². The Morgan fingerprint density at radius 3 is 2.41 bits per heavy atom. The first kappa shape index (κ1) is 15.9. The second kappa shape index (κ2) is 6.50. The van der Waals surface area contributed by atoms with Gasteiger partial charge in [-0.1, -0.05) is 0 Å². The molecule has 6 heteroatoms. The van der Waals surface area contributed by atoms with Crippen molar-refractivity contribution in [3.63, 3.8) is 0 Å². The normalized spacial score (nSPS) is 10.8. The first-order valence-electron chi connectivity index (χ1n) is 6.72. The summed E-state index contributed by atoms with van der Waals surface area (Å²) in [6.45, 7) is 3.42. The fourth-order valence-electron chi connectivity index (χ4n) is 1.80. The highest BCUT2D eigenvalue weighted by atomic mass is 32.2. The predicted molar refractivity (Wildman–Crippen MR) is 85.5 cm³/mol. The Labute approximate surface area is 130 Å². The second-order valence-corrected chi connectivity index (χ2v) is 6.73. The SMILES string of the molecule is CCS(=O)(=O)Nc1ccc(Oc2ccc(C#N)cc2)c(C)c1. The maximum atomic E-state index is 11.5. The van der Waals surface area contributed by atoms with Gasteiger partial charge in [0.2, 0.25) is 10.0 Å². The number of aryl methyl sites for hydroxylation is 1. The van der Waals surface area contributed by atoms with Crippen molar-refractivity contribution < 1.29 is 13.2 Å². The quantitative estimate of drug-likeness (QED) is 0.916. The minimum absolute atomic E-state index is 0.0234. The van der Waals surface area contributed by atoms with Gasteiger partial charge >= 0.3 is 0 Å². The number of nitrogens with one attached hydrogen (secondary N) is 1. The van der Waals surface area contributed by atoms with Crippen molar-refractivity contribution in [1.82, 2.24) is 0 Å². The molecule has 2 aromatic rings. The molecule has 114 valence electrons. The molecule has 0 aromatic heterocycles. The average molecular weight is 316 g/mol. The van der Waals surface area contributed by atoms with E-state index in [1.807, 2.05) is 13.0 Å². The van der Waals surface area contributed by atoms with Crippen molar-refractivity contribution in [2.75, 3.05) is 10.5 Å². The molecule has 0 saturated carbocycles. The van der Waals surface area contributed by atoms with E-state index in [2.05, 4.69) is 4.72 Å². The van der Waals surface area contributed by atoms with Crippen LogP contribution in [0, 0.1) is 18.3 Å². The van der Waals surface area contributed by atoms with E-state index < -0.39 is 10.0 Å². The van der Waals surface area contributed by atoms with E-state index in [4.69, 9.17) is 10.00 Å². The summed E-state index contributed by atoms with van der Waals surface area (Å²) in [4.78, 5) is 0. The molecule has 5 nitrogen and oxygen atoms in total. The molecule has 0 amide bonds. The van der Waals surface area contributed by atoms with E-state index in [9.17, 15) is 8.42 Å². The fraction of sp³-hybridized carbons (Fsp3) is 0.188. The molecule has 22 heavy (non-hydrogen) atoms. The summed E-state index contributed by atoms with van der Waals surface area (Å²) in [6.07, 6.45) is 0. The molecular weight excluding hydrogens is 300 g/mol. The van der Waals surface area contributed by atoms with Crippen LogP contribution in [0.1, 0.15) is 18.1 Å². The number of nitrogens with zero attached hydrogens (tertiary/aromatic N) is 1. The Kier molecular flexibility index (Phi) is 4.68. The van der Waals surface area contributed by atoms with Gasteiger partial charge < -0.3 is 4.74 Å². The van der Waals surface area contributed by atoms with Gasteiger partial charge in [0.25, 0.3) is 0 Å². The monoisotopic (exact) mass is 316 g/mol. The van der Waals surface area contributed by atoms with Crippen molar-refractivity contribution in [3.8, 4) is 17.6 Å². The highest BCUT2D eigenvalue weighted by Gasteiger charge is 2.09. The van der Waals surface area contributed by atoms with Crippen molar-refractivity contribution in [1.29, 1.82) is 5.26 Å². The molecule has 0 saturated heterocycles. The Balaban J connectivity index is 2.17. The number of hydrogen-bond acceptors (Lipinski definition) is 4. The van der Waals surface area contributed by atoms with Crippen molar-refractivity contribution >= 4 is 15.7 Å². The number of benzene rings is 2. The van der Waals surface area contributed by atoms with E-state index >= 15 is 0 Å². The molecule has 0 fully saturated rings. The van der Waals surface area contributed by atoms with Gasteiger partial charge in [-0.05, 0) is 61.9 Å². The van der Waals surface area contributed by atoms with Crippen molar-refractivity contribution in [2.45, 2.75) is 13.8 Å². The number of hydrogen-bond donors (Lipinski definition) is 1. The maximum absolute atomic E-state index is 11.5. The summed E-state index contributed by atoms with van der Waals surface area (Å²) in [5, 5.41) is 8.76. The molecule has 0 bridgehead atoms. The molecular formula is C16H16N2O3S. The van der Waals surface area contributed by atoms with Crippen LogP contribution in [-0.4, -0.2) is 14.2 Å². The first-order valence-corrected chi connectivity index (χ1v) is 8.38. The lowest BCUT2D eigenvalue weighted by atomic mass is 10.2. The lowest BCUT2D eigenvalue weighted by Crippen LogP contribution is -2.14. The fourth-order valence-corrected chi connectivity index (χ4v) is 2.43. The third kappa shape index (κ3) is 3.99. The molecule has 0 spiro atoms. The van der Waals surface area contributed by atoms with E-state index in [1.54, 1.807) is 49.4 Å². The second-order valence-electron chi connectivity index (χ2n) is 4.72. The summed E-state index contributed by atoms with van der Waals surface area (Å²) in [5.74, 6) is 1.27. The van der Waals surface area contributed by atoms with Gasteiger partial charge in [-0.25, -0.2) is 8.42 Å². The van der Waals surface area contributed by atoms with Crippen LogP contribution in [0.2, 0.25) is 0 Å². The van der Waals surface area contributed by atoms with Crippen LogP contribution < -0.4 is 9.46 Å². The summed E-state index contributed by atoms with van der Waals surface area (Å²) < 4.78 is 31.3. The lowest BCUT2D eigenvalue weighted by molar-refractivity contribution is 0.479. The van der Waals surface area contributed by atoms with Gasteiger partial charge in [-0.2, -0.15) is 5.26 Å². The Bertz CT molecular complexity index is 806. The average Bonchev–Trinajstić information content (AvgIpc) is 2.50. The molecule has 0 aliphatic heterocycles. The number of anilines is 1. The highest BCUT2D eigenvalue weighted by molar-refractivity contribution is 7.92. The zero-order valence-electron chi connectivity index (χ0n) is 12.3. The van der Waals surface area contributed by atoms with Gasteiger partial charge in [-0.15, -0.1) is 0 Å². The molecule has 0 unspecified atom stereocenters. The van der Waals surface area contributed by atoms with Gasteiger partial charge in [0, 0.05) is 5.69 Å². The summed E-state index contributed by atoms with van der Waals surface area (Å²) in [6, 6.07) is 13.9. The number of nitriles is 1. The molecule has 0 radical (unpaired) electrons. The zero-order chi connectivity index (χ0) is 16.2. The minimum atomic E-state index is -3.29. The third-order valence-electron chi connectivity index (χ3n) is 3.04. The Morgan fingerprint density at radius 1 is 1.18 bits per heavy atom. The Morgan fingerprint density at radius 2 is 1.86 bits per heavy atom. The van der Waals surface area contributed by atoms with Gasteiger partial charge in [0.05, 0.1) is 17.4 Å². The number of ether oxygens (including phenoxy) is 1. The van der Waals surface area contributed by atoms with Gasteiger partial charge in [0.1, 0.15) is 11.5 Å². The van der Waals surface area contributed by atoms with E-state index in [1.165, 1.54) is 0 Å². The van der Waals surface area contributed by atoms with Crippen LogP contribution in [0.25, 0.3) is 0 Å². The molecule has 1 N–H and O–H groups in total. The van der Waals surface area contributed by atoms with E-state index in [-0.39, 0.29) is 5.75 Å². The minimum Gasteiger partial charge on any atom is -0.457 e. The van der Waals surface area contributed by atoms with Crippen molar-refractivity contribution in [2.24, 2.45) is 0 Å². The molecule has 0 atom stereocenters. The molecule has 0 aliphatic rings. The topological polar surface area (TPSA) is 79.2 Å². The summed E-state index contributed by atoms with van der Waals surface area (Å²) in [7, 11) is -3.29. The maximum Gasteiger partial charge on any atom is 0.232 e. The van der Waals surface area contributed by atoms with Gasteiger partial charge in [0.15, 0.2) is 0 Å². The van der Waals surface area contributed by atoms with Crippen LogP contribution in [0.5, 0.6) is 11.5 Å². The standard InChI is InChI=1S/C16H16N2O3S/c1-3-22(19,20)18-14-6-9-16(12(2)10-14)21-15-7-4-13(11-17)5-8-15/h4-10,18H,3H2,1-2H3. The van der Waals surface area contributed by atoms with Crippen LogP contribution in [-0.2, 0) is 10.0 Å². The summed E-state index contributed by atoms with van der Waals surface area (Å²) >= 11 is 0. The lowest BCUT2D eigenvalue weighted by Gasteiger charge is -2.11. The smallest absolute Gasteiger partial charge is 0.232 e. The van der Waals surface area contributed by atoms with Crippen LogP contribution >= 0.6 is 0 Å². The van der Waals surface area contributed by atoms with E-state index in [0.29, 0.717) is 22.7 Å². The number of sulfonamides is 1. The van der Waals surface area contributed by atoms with Crippen molar-refractivity contribution in [3.05, 3.63) is 53.6 Å². The van der Waals surface area contributed by atoms with Crippen LogP contribution in [0.3, 0.4) is 0 Å². The highest BCUT2D eigenvalue weighted by Crippen LogP contribution is 2.27. The summed E-state index contributed by atoms with van der Waals surface area (Å²) in [5.41, 5.74) is 1.88. The third-order valence-corrected chi connectivity index (χ3v) is 4.35.